The maximum Gasteiger partial charge on any atom is 0.311 e. The molecule has 0 spiro atoms. The van der Waals surface area contributed by atoms with Crippen molar-refractivity contribution in [1.29, 1.82) is 0 Å². The number of nitrogens with zero attached hydrogens (tertiary/aromatic N) is 1. The lowest BCUT2D eigenvalue weighted by molar-refractivity contribution is -0.151. The van der Waals surface area contributed by atoms with E-state index in [-0.39, 0.29) is 24.6 Å². The van der Waals surface area contributed by atoms with Gasteiger partial charge in [0.25, 0.3) is 5.91 Å². The van der Waals surface area contributed by atoms with Gasteiger partial charge in [0.05, 0.1) is 11.6 Å². The van der Waals surface area contributed by atoms with E-state index in [2.05, 4.69) is 5.32 Å². The highest BCUT2D eigenvalue weighted by atomic mass is 19.1. The number of para-hydroxylation sites is 1. The SMILES string of the molecule is Cc1ccc(NC(=O)COC(=O)[C@H]2CC(=O)N(c3ccccc3F)C2)cc1C. The van der Waals surface area contributed by atoms with Crippen LogP contribution < -0.4 is 10.2 Å². The fraction of sp³-hybridized carbons (Fsp3) is 0.286. The van der Waals surface area contributed by atoms with Crippen LogP contribution in [0.2, 0.25) is 0 Å². The Kier molecular flexibility index (Phi) is 5.73. The first-order valence-corrected chi connectivity index (χ1v) is 8.94. The molecule has 2 aromatic carbocycles. The summed E-state index contributed by atoms with van der Waals surface area (Å²) in [6.45, 7) is 3.48. The predicted molar refractivity (Wildman–Crippen MR) is 102 cm³/mol. The molecule has 1 fully saturated rings. The molecule has 1 aliphatic rings. The van der Waals surface area contributed by atoms with Crippen LogP contribution >= 0.6 is 0 Å². The highest BCUT2D eigenvalue weighted by Gasteiger charge is 2.37. The second-order valence-electron chi connectivity index (χ2n) is 6.81. The Balaban J connectivity index is 1.54. The maximum absolute atomic E-state index is 13.9. The van der Waals surface area contributed by atoms with Crippen molar-refractivity contribution in [3.05, 3.63) is 59.4 Å². The molecule has 2 amide bonds. The summed E-state index contributed by atoms with van der Waals surface area (Å²) in [6, 6.07) is 11.4. The standard InChI is InChI=1S/C21H21FN2O4/c1-13-7-8-16(9-14(13)2)23-19(25)12-28-21(27)15-10-20(26)24(11-15)18-6-4-3-5-17(18)22/h3-9,15H,10-12H2,1-2H3,(H,23,25)/t15-/m0/s1. The fourth-order valence-corrected chi connectivity index (χ4v) is 3.04. The second-order valence-corrected chi connectivity index (χ2v) is 6.81. The van der Waals surface area contributed by atoms with Gasteiger partial charge in [0.2, 0.25) is 5.91 Å². The average molecular weight is 384 g/mol. The number of benzene rings is 2. The summed E-state index contributed by atoms with van der Waals surface area (Å²) in [4.78, 5) is 37.6. The van der Waals surface area contributed by atoms with Crippen molar-refractivity contribution in [1.82, 2.24) is 0 Å². The monoisotopic (exact) mass is 384 g/mol. The summed E-state index contributed by atoms with van der Waals surface area (Å²) in [7, 11) is 0. The van der Waals surface area contributed by atoms with Crippen molar-refractivity contribution < 1.29 is 23.5 Å². The Morgan fingerprint density at radius 2 is 1.93 bits per heavy atom. The lowest BCUT2D eigenvalue weighted by atomic mass is 10.1. The van der Waals surface area contributed by atoms with Gasteiger partial charge >= 0.3 is 5.97 Å². The zero-order valence-electron chi connectivity index (χ0n) is 15.7. The molecule has 28 heavy (non-hydrogen) atoms. The molecule has 0 saturated carbocycles. The molecule has 1 heterocycles. The molecule has 2 aromatic rings. The van der Waals surface area contributed by atoms with Crippen molar-refractivity contribution in [3.63, 3.8) is 0 Å². The third-order valence-corrected chi connectivity index (χ3v) is 4.74. The van der Waals surface area contributed by atoms with Gasteiger partial charge in [-0.3, -0.25) is 14.4 Å². The molecule has 0 radical (unpaired) electrons. The average Bonchev–Trinajstić information content (AvgIpc) is 3.05. The number of ether oxygens (including phenoxy) is 1. The predicted octanol–water partition coefficient (Wildman–Crippen LogP) is 2.98. The Morgan fingerprint density at radius 1 is 1.18 bits per heavy atom. The molecule has 3 rings (SSSR count). The summed E-state index contributed by atoms with van der Waals surface area (Å²) in [5.41, 5.74) is 2.89. The lowest BCUT2D eigenvalue weighted by Crippen LogP contribution is -2.28. The number of nitrogens with one attached hydrogen (secondary N) is 1. The third kappa shape index (κ3) is 4.36. The van der Waals surface area contributed by atoms with Crippen LogP contribution in [-0.4, -0.2) is 30.9 Å². The van der Waals surface area contributed by atoms with E-state index in [4.69, 9.17) is 4.74 Å². The van der Waals surface area contributed by atoms with Gasteiger partial charge in [-0.1, -0.05) is 18.2 Å². The van der Waals surface area contributed by atoms with E-state index < -0.39 is 30.2 Å². The number of amides is 2. The van der Waals surface area contributed by atoms with E-state index in [1.54, 1.807) is 12.1 Å². The largest absolute Gasteiger partial charge is 0.455 e. The van der Waals surface area contributed by atoms with Gasteiger partial charge in [0.15, 0.2) is 6.61 Å². The molecular formula is C21H21FN2O4. The van der Waals surface area contributed by atoms with Crippen LogP contribution in [0.3, 0.4) is 0 Å². The second kappa shape index (κ2) is 8.21. The zero-order valence-corrected chi connectivity index (χ0v) is 15.7. The molecule has 1 N–H and O–H groups in total. The first-order valence-electron chi connectivity index (χ1n) is 8.94. The van der Waals surface area contributed by atoms with Gasteiger partial charge in [-0.05, 0) is 49.2 Å². The van der Waals surface area contributed by atoms with Gasteiger partial charge in [-0.2, -0.15) is 0 Å². The maximum atomic E-state index is 13.9. The van der Waals surface area contributed by atoms with Crippen molar-refractivity contribution in [2.24, 2.45) is 5.92 Å². The van der Waals surface area contributed by atoms with Crippen LogP contribution in [0.5, 0.6) is 0 Å². The molecule has 6 nitrogen and oxygen atoms in total. The van der Waals surface area contributed by atoms with Gasteiger partial charge in [-0.25, -0.2) is 4.39 Å². The molecule has 0 bridgehead atoms. The molecular weight excluding hydrogens is 363 g/mol. The highest BCUT2D eigenvalue weighted by Crippen LogP contribution is 2.27. The fourth-order valence-electron chi connectivity index (χ4n) is 3.04. The van der Waals surface area contributed by atoms with Crippen LogP contribution in [0.4, 0.5) is 15.8 Å². The van der Waals surface area contributed by atoms with Crippen LogP contribution in [-0.2, 0) is 19.1 Å². The normalized spacial score (nSPS) is 16.2. The Labute approximate surface area is 162 Å². The molecule has 1 aliphatic heterocycles. The smallest absolute Gasteiger partial charge is 0.311 e. The van der Waals surface area contributed by atoms with Gasteiger partial charge in [-0.15, -0.1) is 0 Å². The summed E-state index contributed by atoms with van der Waals surface area (Å²) < 4.78 is 18.9. The topological polar surface area (TPSA) is 75.7 Å². The number of hydrogen-bond donors (Lipinski definition) is 1. The van der Waals surface area contributed by atoms with E-state index >= 15 is 0 Å². The molecule has 0 aromatic heterocycles. The van der Waals surface area contributed by atoms with Crippen LogP contribution in [0.25, 0.3) is 0 Å². The molecule has 1 saturated heterocycles. The third-order valence-electron chi connectivity index (χ3n) is 4.74. The first kappa shape index (κ1) is 19.5. The molecule has 0 aliphatic carbocycles. The number of rotatable bonds is 5. The summed E-state index contributed by atoms with van der Waals surface area (Å²) in [5, 5.41) is 2.66. The number of anilines is 2. The molecule has 0 unspecified atom stereocenters. The number of esters is 1. The van der Waals surface area contributed by atoms with Gasteiger partial charge in [0, 0.05) is 18.7 Å². The Morgan fingerprint density at radius 3 is 2.64 bits per heavy atom. The van der Waals surface area contributed by atoms with E-state index in [1.807, 2.05) is 26.0 Å². The quantitative estimate of drug-likeness (QED) is 0.804. The lowest BCUT2D eigenvalue weighted by Gasteiger charge is -2.17. The Bertz CT molecular complexity index is 928. The number of halogens is 1. The van der Waals surface area contributed by atoms with E-state index in [1.165, 1.54) is 23.1 Å². The van der Waals surface area contributed by atoms with E-state index in [0.717, 1.165) is 11.1 Å². The van der Waals surface area contributed by atoms with Crippen molar-refractivity contribution in [2.45, 2.75) is 20.3 Å². The molecule has 146 valence electrons. The summed E-state index contributed by atoms with van der Waals surface area (Å²) in [5.74, 6) is -2.74. The number of aryl methyl sites for hydroxylation is 2. The van der Waals surface area contributed by atoms with Crippen molar-refractivity contribution >= 4 is 29.2 Å². The number of carbonyl (C=O) groups is 3. The minimum absolute atomic E-state index is 0.0252. The first-order chi connectivity index (χ1) is 13.3. The summed E-state index contributed by atoms with van der Waals surface area (Å²) in [6.07, 6.45) is -0.0774. The van der Waals surface area contributed by atoms with E-state index in [9.17, 15) is 18.8 Å². The van der Waals surface area contributed by atoms with Crippen LogP contribution in [0.1, 0.15) is 17.5 Å². The van der Waals surface area contributed by atoms with Crippen molar-refractivity contribution in [3.8, 4) is 0 Å². The van der Waals surface area contributed by atoms with Gasteiger partial charge in [0.1, 0.15) is 5.82 Å². The highest BCUT2D eigenvalue weighted by molar-refractivity contribution is 6.00. The molecule has 7 heteroatoms. The minimum atomic E-state index is -0.735. The number of carbonyl (C=O) groups excluding carboxylic acids is 3. The van der Waals surface area contributed by atoms with Crippen LogP contribution in [0.15, 0.2) is 42.5 Å². The van der Waals surface area contributed by atoms with Gasteiger partial charge < -0.3 is 15.0 Å². The zero-order chi connectivity index (χ0) is 20.3. The Hall–Kier alpha value is -3.22. The minimum Gasteiger partial charge on any atom is -0.455 e. The molecule has 1 atom stereocenters. The summed E-state index contributed by atoms with van der Waals surface area (Å²) >= 11 is 0. The van der Waals surface area contributed by atoms with Crippen LogP contribution in [0, 0.1) is 25.6 Å². The number of hydrogen-bond acceptors (Lipinski definition) is 4. The van der Waals surface area contributed by atoms with E-state index in [0.29, 0.717) is 5.69 Å². The van der Waals surface area contributed by atoms with Crippen molar-refractivity contribution in [2.75, 3.05) is 23.4 Å².